The van der Waals surface area contributed by atoms with Crippen LogP contribution in [0.3, 0.4) is 0 Å². The van der Waals surface area contributed by atoms with Crippen LogP contribution >= 0.6 is 0 Å². The molecule has 22 heavy (non-hydrogen) atoms. The summed E-state index contributed by atoms with van der Waals surface area (Å²) in [5.41, 5.74) is 3.13. The predicted octanol–water partition coefficient (Wildman–Crippen LogP) is 3.65. The van der Waals surface area contributed by atoms with Gasteiger partial charge >= 0.3 is 0 Å². The molecule has 0 aliphatic rings. The third-order valence-electron chi connectivity index (χ3n) is 4.04. The average molecular weight is 296 g/mol. The van der Waals surface area contributed by atoms with Crippen molar-refractivity contribution in [2.45, 2.75) is 19.9 Å². The van der Waals surface area contributed by atoms with Crippen LogP contribution in [0.4, 0.5) is 5.69 Å². The van der Waals surface area contributed by atoms with E-state index in [2.05, 4.69) is 11.8 Å². The maximum Gasteiger partial charge on any atom is 0.248 e. The van der Waals surface area contributed by atoms with Crippen molar-refractivity contribution in [3.8, 4) is 0 Å². The van der Waals surface area contributed by atoms with Crippen molar-refractivity contribution in [2.75, 3.05) is 25.5 Å². The molecule has 0 N–H and O–H groups in total. The Morgan fingerprint density at radius 1 is 1.00 bits per heavy atom. The molecule has 2 aromatic rings. The lowest BCUT2D eigenvalue weighted by Gasteiger charge is -2.30. The predicted molar refractivity (Wildman–Crippen MR) is 92.1 cm³/mol. The van der Waals surface area contributed by atoms with Gasteiger partial charge in [0.05, 0.1) is 0 Å². The van der Waals surface area contributed by atoms with Gasteiger partial charge in [-0.15, -0.1) is 0 Å². The zero-order chi connectivity index (χ0) is 16.1. The van der Waals surface area contributed by atoms with Crippen molar-refractivity contribution in [3.05, 3.63) is 65.7 Å². The second-order valence-corrected chi connectivity index (χ2v) is 5.62. The molecule has 1 atom stereocenters. The van der Waals surface area contributed by atoms with E-state index >= 15 is 0 Å². The van der Waals surface area contributed by atoms with Crippen molar-refractivity contribution in [1.29, 1.82) is 0 Å². The molecule has 0 fully saturated rings. The van der Waals surface area contributed by atoms with E-state index < -0.39 is 0 Å². The number of carbonyl (C=O) groups is 1. The van der Waals surface area contributed by atoms with E-state index in [4.69, 9.17) is 0 Å². The van der Waals surface area contributed by atoms with Gasteiger partial charge in [-0.3, -0.25) is 9.69 Å². The van der Waals surface area contributed by atoms with Crippen LogP contribution in [-0.4, -0.2) is 31.4 Å². The van der Waals surface area contributed by atoms with Gasteiger partial charge in [-0.05, 0) is 38.2 Å². The summed E-state index contributed by atoms with van der Waals surface area (Å²) in [4.78, 5) is 16.8. The van der Waals surface area contributed by atoms with Crippen molar-refractivity contribution >= 4 is 11.6 Å². The molecule has 0 aliphatic carbocycles. The topological polar surface area (TPSA) is 23.6 Å². The number of likely N-dealkylation sites (N-methyl/N-ethyl adjacent to an activating group) is 2. The Morgan fingerprint density at radius 2 is 1.59 bits per heavy atom. The standard InChI is InChI=1S/C19H24N2O/c1-5-20(3)18(16-9-7-6-8-10-16)19(22)21(4)17-13-11-15(2)12-14-17/h6-14,18H,5H2,1-4H3. The normalized spacial score (nSPS) is 12.2. The van der Waals surface area contributed by atoms with E-state index in [1.165, 1.54) is 5.56 Å². The minimum atomic E-state index is -0.266. The lowest BCUT2D eigenvalue weighted by Crippen LogP contribution is -2.39. The van der Waals surface area contributed by atoms with E-state index in [1.54, 1.807) is 4.90 Å². The first-order valence-electron chi connectivity index (χ1n) is 7.64. The molecule has 3 heteroatoms. The summed E-state index contributed by atoms with van der Waals surface area (Å²) in [6.45, 7) is 4.92. The average Bonchev–Trinajstić information content (AvgIpc) is 2.55. The SMILES string of the molecule is CCN(C)C(C(=O)N(C)c1ccc(C)cc1)c1ccccc1. The molecule has 0 bridgehead atoms. The molecular weight excluding hydrogens is 272 g/mol. The lowest BCUT2D eigenvalue weighted by atomic mass is 10.0. The van der Waals surface area contributed by atoms with Gasteiger partial charge in [0.2, 0.25) is 5.91 Å². The van der Waals surface area contributed by atoms with Crippen LogP contribution in [-0.2, 0) is 4.79 Å². The maximum atomic E-state index is 13.0. The first-order valence-corrected chi connectivity index (χ1v) is 7.64. The molecule has 2 rings (SSSR count). The van der Waals surface area contributed by atoms with Crippen LogP contribution < -0.4 is 4.90 Å². The third kappa shape index (κ3) is 3.55. The van der Waals surface area contributed by atoms with Crippen molar-refractivity contribution < 1.29 is 4.79 Å². The number of anilines is 1. The van der Waals surface area contributed by atoms with Gasteiger partial charge in [-0.2, -0.15) is 0 Å². The van der Waals surface area contributed by atoms with Crippen LogP contribution in [0.5, 0.6) is 0 Å². The molecule has 0 aliphatic heterocycles. The third-order valence-corrected chi connectivity index (χ3v) is 4.04. The number of nitrogens with zero attached hydrogens (tertiary/aromatic N) is 2. The molecule has 0 saturated carbocycles. The van der Waals surface area contributed by atoms with Gasteiger partial charge < -0.3 is 4.90 Å². The van der Waals surface area contributed by atoms with Gasteiger partial charge in [0.1, 0.15) is 6.04 Å². The Morgan fingerprint density at radius 3 is 2.14 bits per heavy atom. The lowest BCUT2D eigenvalue weighted by molar-refractivity contribution is -0.123. The molecular formula is C19H24N2O. The van der Waals surface area contributed by atoms with E-state index in [9.17, 15) is 4.79 Å². The molecule has 0 spiro atoms. The molecule has 116 valence electrons. The molecule has 3 nitrogen and oxygen atoms in total. The van der Waals surface area contributed by atoms with Crippen molar-refractivity contribution in [3.63, 3.8) is 0 Å². The summed E-state index contributed by atoms with van der Waals surface area (Å²) in [6.07, 6.45) is 0. The summed E-state index contributed by atoms with van der Waals surface area (Å²) < 4.78 is 0. The van der Waals surface area contributed by atoms with E-state index in [0.717, 1.165) is 17.8 Å². The second kappa shape index (κ2) is 7.23. The largest absolute Gasteiger partial charge is 0.314 e. The number of hydrogen-bond acceptors (Lipinski definition) is 2. The smallest absolute Gasteiger partial charge is 0.248 e. The number of amides is 1. The van der Waals surface area contributed by atoms with Crippen LogP contribution in [0.15, 0.2) is 54.6 Å². The first kappa shape index (κ1) is 16.2. The number of carbonyl (C=O) groups excluding carboxylic acids is 1. The molecule has 1 unspecified atom stereocenters. The van der Waals surface area contributed by atoms with Crippen molar-refractivity contribution in [1.82, 2.24) is 4.90 Å². The Kier molecular flexibility index (Phi) is 5.34. The summed E-state index contributed by atoms with van der Waals surface area (Å²) in [7, 11) is 3.82. The minimum absolute atomic E-state index is 0.0828. The molecule has 0 radical (unpaired) electrons. The Bertz CT molecular complexity index is 607. The van der Waals surface area contributed by atoms with E-state index in [0.29, 0.717) is 0 Å². The highest BCUT2D eigenvalue weighted by atomic mass is 16.2. The number of hydrogen-bond donors (Lipinski definition) is 0. The van der Waals surface area contributed by atoms with Crippen LogP contribution in [0.1, 0.15) is 24.1 Å². The molecule has 0 aromatic heterocycles. The van der Waals surface area contributed by atoms with Gasteiger partial charge in [0.15, 0.2) is 0 Å². The van der Waals surface area contributed by atoms with E-state index in [-0.39, 0.29) is 11.9 Å². The van der Waals surface area contributed by atoms with Crippen LogP contribution in [0.25, 0.3) is 0 Å². The fourth-order valence-corrected chi connectivity index (χ4v) is 2.48. The highest BCUT2D eigenvalue weighted by Crippen LogP contribution is 2.24. The zero-order valence-corrected chi connectivity index (χ0v) is 13.8. The summed E-state index contributed by atoms with van der Waals surface area (Å²) in [5, 5.41) is 0. The minimum Gasteiger partial charge on any atom is -0.314 e. The molecule has 0 heterocycles. The van der Waals surface area contributed by atoms with E-state index in [1.807, 2.05) is 75.6 Å². The van der Waals surface area contributed by atoms with Crippen LogP contribution in [0, 0.1) is 6.92 Å². The first-order chi connectivity index (χ1) is 10.5. The monoisotopic (exact) mass is 296 g/mol. The van der Waals surface area contributed by atoms with Gasteiger partial charge in [-0.1, -0.05) is 55.0 Å². The summed E-state index contributed by atoms with van der Waals surface area (Å²) in [6, 6.07) is 17.7. The summed E-state index contributed by atoms with van der Waals surface area (Å²) >= 11 is 0. The van der Waals surface area contributed by atoms with Gasteiger partial charge in [0, 0.05) is 12.7 Å². The quantitative estimate of drug-likeness (QED) is 0.841. The van der Waals surface area contributed by atoms with Crippen LogP contribution in [0.2, 0.25) is 0 Å². The van der Waals surface area contributed by atoms with Gasteiger partial charge in [0.25, 0.3) is 0 Å². The molecule has 2 aromatic carbocycles. The fourth-order valence-electron chi connectivity index (χ4n) is 2.48. The highest BCUT2D eigenvalue weighted by molar-refractivity contribution is 5.97. The molecule has 1 amide bonds. The summed E-state index contributed by atoms with van der Waals surface area (Å²) in [5.74, 6) is 0.0828. The van der Waals surface area contributed by atoms with Gasteiger partial charge in [-0.25, -0.2) is 0 Å². The number of aryl methyl sites for hydroxylation is 1. The highest BCUT2D eigenvalue weighted by Gasteiger charge is 2.27. The maximum absolute atomic E-state index is 13.0. The Balaban J connectivity index is 2.31. The Labute approximate surface area is 133 Å². The second-order valence-electron chi connectivity index (χ2n) is 5.62. The Hall–Kier alpha value is -2.13. The zero-order valence-electron chi connectivity index (χ0n) is 13.8. The number of rotatable bonds is 5. The van der Waals surface area contributed by atoms with Crippen molar-refractivity contribution in [2.24, 2.45) is 0 Å². The number of benzene rings is 2. The fraction of sp³-hybridized carbons (Fsp3) is 0.316. The molecule has 0 saturated heterocycles.